The van der Waals surface area contributed by atoms with E-state index < -0.39 is 0 Å². The van der Waals surface area contributed by atoms with Crippen LogP contribution in [0.3, 0.4) is 0 Å². The first-order valence-corrected chi connectivity index (χ1v) is 10.8. The third-order valence-electron chi connectivity index (χ3n) is 5.77. The molecule has 0 radical (unpaired) electrons. The standard InChI is InChI=1S/C23H26N8O/c1-13-9-30(10-14(2)25-13)19-6-5-18(21-17(19)7-8-24-29-21)23(32)28-20-12-31-11-15(3)26-16(4)22(31)27-20/h5-8,11-14,25H,9-10H2,1-4H3,(H,28,32)/t13-,14-/m0/s1. The van der Waals surface area contributed by atoms with Crippen LogP contribution in [0.25, 0.3) is 16.6 Å². The highest BCUT2D eigenvalue weighted by atomic mass is 16.1. The van der Waals surface area contributed by atoms with Crippen molar-refractivity contribution in [3.63, 3.8) is 0 Å². The number of carbonyl (C=O) groups is 1. The van der Waals surface area contributed by atoms with Gasteiger partial charge in [-0.2, -0.15) is 5.10 Å². The van der Waals surface area contributed by atoms with Gasteiger partial charge in [0.2, 0.25) is 0 Å². The predicted octanol–water partition coefficient (Wildman–Crippen LogP) is 2.73. The number of nitrogens with one attached hydrogen (secondary N) is 2. The second-order valence-electron chi connectivity index (χ2n) is 8.58. The molecule has 4 aromatic rings. The number of fused-ring (bicyclic) bond motifs is 2. The molecule has 9 nitrogen and oxygen atoms in total. The van der Waals surface area contributed by atoms with Gasteiger partial charge in [0, 0.05) is 42.4 Å². The molecule has 1 saturated heterocycles. The van der Waals surface area contributed by atoms with Crippen LogP contribution in [0.4, 0.5) is 11.5 Å². The Hall–Kier alpha value is -3.59. The molecule has 1 aliphatic heterocycles. The van der Waals surface area contributed by atoms with Crippen molar-refractivity contribution in [1.29, 1.82) is 0 Å². The van der Waals surface area contributed by atoms with Gasteiger partial charge in [0.05, 0.1) is 29.3 Å². The van der Waals surface area contributed by atoms with E-state index in [9.17, 15) is 4.79 Å². The summed E-state index contributed by atoms with van der Waals surface area (Å²) in [4.78, 5) is 24.5. The van der Waals surface area contributed by atoms with Gasteiger partial charge in [-0.3, -0.25) is 9.78 Å². The minimum absolute atomic E-state index is 0.269. The number of hydrogen-bond donors (Lipinski definition) is 2. The SMILES string of the molecule is Cc1cn2cc(NC(=O)c3ccc(N4C[C@H](C)N[C@@H](C)C4)c4ccnnc34)nc2c(C)n1. The summed E-state index contributed by atoms with van der Waals surface area (Å²) >= 11 is 0. The van der Waals surface area contributed by atoms with Crippen LogP contribution in [0.15, 0.2) is 36.8 Å². The number of anilines is 2. The van der Waals surface area contributed by atoms with Gasteiger partial charge in [0.15, 0.2) is 11.5 Å². The van der Waals surface area contributed by atoms with E-state index >= 15 is 0 Å². The molecule has 2 atom stereocenters. The first kappa shape index (κ1) is 20.3. The summed E-state index contributed by atoms with van der Waals surface area (Å²) in [5, 5.41) is 15.7. The molecule has 1 amide bonds. The van der Waals surface area contributed by atoms with Crippen LogP contribution < -0.4 is 15.5 Å². The lowest BCUT2D eigenvalue weighted by Crippen LogP contribution is -2.54. The maximum Gasteiger partial charge on any atom is 0.259 e. The fraction of sp³-hybridized carbons (Fsp3) is 0.348. The van der Waals surface area contributed by atoms with Gasteiger partial charge >= 0.3 is 0 Å². The topological polar surface area (TPSA) is 100 Å². The number of rotatable bonds is 3. The molecule has 9 heteroatoms. The van der Waals surface area contributed by atoms with Crippen molar-refractivity contribution in [2.75, 3.05) is 23.3 Å². The summed E-state index contributed by atoms with van der Waals surface area (Å²) in [6, 6.07) is 6.51. The fourth-order valence-corrected chi connectivity index (χ4v) is 4.60. The monoisotopic (exact) mass is 430 g/mol. The second kappa shape index (κ2) is 7.83. The Balaban J connectivity index is 1.49. The van der Waals surface area contributed by atoms with Gasteiger partial charge < -0.3 is 19.9 Å². The van der Waals surface area contributed by atoms with Crippen LogP contribution in [0.2, 0.25) is 0 Å². The van der Waals surface area contributed by atoms with E-state index in [1.165, 1.54) is 0 Å². The van der Waals surface area contributed by atoms with Crippen LogP contribution in [0, 0.1) is 13.8 Å². The lowest BCUT2D eigenvalue weighted by molar-refractivity contribution is 0.102. The quantitative estimate of drug-likeness (QED) is 0.515. The van der Waals surface area contributed by atoms with Gasteiger partial charge in [0.1, 0.15) is 5.52 Å². The second-order valence-corrected chi connectivity index (χ2v) is 8.58. The van der Waals surface area contributed by atoms with Crippen molar-refractivity contribution in [1.82, 2.24) is 29.9 Å². The number of benzene rings is 1. The van der Waals surface area contributed by atoms with Crippen molar-refractivity contribution < 1.29 is 4.79 Å². The zero-order chi connectivity index (χ0) is 22.4. The third kappa shape index (κ3) is 3.64. The molecule has 0 spiro atoms. The smallest absolute Gasteiger partial charge is 0.259 e. The molecule has 1 aromatic carbocycles. The summed E-state index contributed by atoms with van der Waals surface area (Å²) in [5.74, 6) is 0.200. The van der Waals surface area contributed by atoms with E-state index in [2.05, 4.69) is 49.5 Å². The highest BCUT2D eigenvalue weighted by Crippen LogP contribution is 2.29. The molecule has 164 valence electrons. The third-order valence-corrected chi connectivity index (χ3v) is 5.77. The van der Waals surface area contributed by atoms with E-state index in [1.807, 2.05) is 42.6 Å². The molecule has 1 aliphatic rings. The lowest BCUT2D eigenvalue weighted by Gasteiger charge is -2.38. The Bertz CT molecular complexity index is 1320. The van der Waals surface area contributed by atoms with E-state index in [-0.39, 0.29) is 5.91 Å². The fourth-order valence-electron chi connectivity index (χ4n) is 4.60. The highest BCUT2D eigenvalue weighted by Gasteiger charge is 2.24. The van der Waals surface area contributed by atoms with Crippen molar-refractivity contribution in [3.05, 3.63) is 53.7 Å². The number of carbonyl (C=O) groups excluding carboxylic acids is 1. The van der Waals surface area contributed by atoms with Crippen molar-refractivity contribution in [3.8, 4) is 0 Å². The normalized spacial score (nSPS) is 18.9. The van der Waals surface area contributed by atoms with Crippen LogP contribution >= 0.6 is 0 Å². The van der Waals surface area contributed by atoms with Crippen LogP contribution in [0.1, 0.15) is 35.6 Å². The van der Waals surface area contributed by atoms with Crippen LogP contribution in [0.5, 0.6) is 0 Å². The summed E-state index contributed by atoms with van der Waals surface area (Å²) in [6.07, 6.45) is 5.35. The highest BCUT2D eigenvalue weighted by molar-refractivity contribution is 6.13. The number of aromatic nitrogens is 5. The molecule has 0 saturated carbocycles. The Kier molecular flexibility index (Phi) is 4.97. The Morgan fingerprint density at radius 1 is 1.09 bits per heavy atom. The molecule has 4 heterocycles. The summed E-state index contributed by atoms with van der Waals surface area (Å²) < 4.78 is 1.88. The molecule has 5 rings (SSSR count). The molecule has 0 aliphatic carbocycles. The predicted molar refractivity (Wildman–Crippen MR) is 124 cm³/mol. The van der Waals surface area contributed by atoms with Gasteiger partial charge in [-0.1, -0.05) is 0 Å². The zero-order valence-corrected chi connectivity index (χ0v) is 18.6. The summed E-state index contributed by atoms with van der Waals surface area (Å²) in [6.45, 7) is 9.97. The Morgan fingerprint density at radius 3 is 2.66 bits per heavy atom. The molecule has 0 unspecified atom stereocenters. The number of amides is 1. The van der Waals surface area contributed by atoms with E-state index in [0.717, 1.165) is 35.6 Å². The number of nitrogens with zero attached hydrogens (tertiary/aromatic N) is 6. The molecule has 32 heavy (non-hydrogen) atoms. The van der Waals surface area contributed by atoms with E-state index in [4.69, 9.17) is 0 Å². The maximum absolute atomic E-state index is 13.2. The van der Waals surface area contributed by atoms with Gasteiger partial charge in [-0.15, -0.1) is 5.10 Å². The van der Waals surface area contributed by atoms with Crippen LogP contribution in [-0.4, -0.2) is 55.6 Å². The number of piperazine rings is 1. The molecular weight excluding hydrogens is 404 g/mol. The largest absolute Gasteiger partial charge is 0.368 e. The Labute approximate surface area is 185 Å². The minimum atomic E-state index is -0.269. The van der Waals surface area contributed by atoms with Gasteiger partial charge in [-0.25, -0.2) is 4.98 Å². The zero-order valence-electron chi connectivity index (χ0n) is 18.6. The van der Waals surface area contributed by atoms with Crippen LogP contribution in [-0.2, 0) is 0 Å². The van der Waals surface area contributed by atoms with Crippen molar-refractivity contribution in [2.24, 2.45) is 0 Å². The summed E-state index contributed by atoms with van der Waals surface area (Å²) in [5.41, 5.74) is 4.53. The van der Waals surface area contributed by atoms with Gasteiger partial charge in [-0.05, 0) is 45.9 Å². The van der Waals surface area contributed by atoms with Gasteiger partial charge in [0.25, 0.3) is 5.91 Å². The minimum Gasteiger partial charge on any atom is -0.368 e. The number of imidazole rings is 1. The van der Waals surface area contributed by atoms with E-state index in [0.29, 0.717) is 34.6 Å². The lowest BCUT2D eigenvalue weighted by atomic mass is 10.0. The average Bonchev–Trinajstić information content (AvgIpc) is 3.14. The molecule has 3 aromatic heterocycles. The first-order valence-electron chi connectivity index (χ1n) is 10.8. The van der Waals surface area contributed by atoms with E-state index in [1.54, 1.807) is 12.4 Å². The molecule has 2 N–H and O–H groups in total. The Morgan fingerprint density at radius 2 is 1.88 bits per heavy atom. The average molecular weight is 431 g/mol. The number of aryl methyl sites for hydroxylation is 2. The molecule has 1 fully saturated rings. The molecule has 0 bridgehead atoms. The molecular formula is C23H26N8O. The van der Waals surface area contributed by atoms with Crippen molar-refractivity contribution in [2.45, 2.75) is 39.8 Å². The first-order chi connectivity index (χ1) is 15.4. The summed E-state index contributed by atoms with van der Waals surface area (Å²) in [7, 11) is 0. The maximum atomic E-state index is 13.2. The van der Waals surface area contributed by atoms with Crippen molar-refractivity contribution >= 4 is 34.0 Å². The number of hydrogen-bond acceptors (Lipinski definition) is 7.